The number of hydrogen-bond donors (Lipinski definition) is 1. The minimum Gasteiger partial charge on any atom is -0.481 e. The molecule has 1 amide bonds. The maximum atomic E-state index is 11.9. The number of aliphatic carboxylic acids is 1. The minimum atomic E-state index is -0.989. The molecule has 0 aromatic heterocycles. The number of carboxylic acids is 1. The number of carbonyl (C=O) groups excluding carboxylic acids is 2. The molecule has 106 valence electrons. The molecule has 1 aliphatic heterocycles. The largest absolute Gasteiger partial charge is 0.481 e. The van der Waals surface area contributed by atoms with Crippen LogP contribution < -0.4 is 4.90 Å². The summed E-state index contributed by atoms with van der Waals surface area (Å²) in [7, 11) is 0. The number of thioether (sulfide) groups is 1. The molecule has 0 spiro atoms. The molecule has 5 nitrogen and oxygen atoms in total. The van der Waals surface area contributed by atoms with E-state index in [1.807, 2.05) is 13.0 Å². The van der Waals surface area contributed by atoms with Crippen molar-refractivity contribution in [1.82, 2.24) is 0 Å². The first-order chi connectivity index (χ1) is 9.52. The quantitative estimate of drug-likeness (QED) is 0.842. The molecule has 0 fully saturated rings. The summed E-state index contributed by atoms with van der Waals surface area (Å²) in [5.74, 6) is -0.765. The van der Waals surface area contributed by atoms with Gasteiger partial charge in [0.05, 0.1) is 17.9 Å². The van der Waals surface area contributed by atoms with E-state index in [1.54, 1.807) is 17.0 Å². The Kier molecular flexibility index (Phi) is 4.44. The van der Waals surface area contributed by atoms with Crippen molar-refractivity contribution in [2.24, 2.45) is 0 Å². The average Bonchev–Trinajstić information content (AvgIpc) is 2.44. The van der Waals surface area contributed by atoms with Gasteiger partial charge in [0.15, 0.2) is 5.78 Å². The Labute approximate surface area is 121 Å². The van der Waals surface area contributed by atoms with Gasteiger partial charge in [-0.05, 0) is 19.1 Å². The molecule has 0 atom stereocenters. The molecule has 1 aromatic rings. The van der Waals surface area contributed by atoms with Crippen molar-refractivity contribution in [3.05, 3.63) is 23.8 Å². The van der Waals surface area contributed by atoms with E-state index < -0.39 is 5.97 Å². The van der Waals surface area contributed by atoms with Gasteiger partial charge < -0.3 is 10.0 Å². The lowest BCUT2D eigenvalue weighted by Gasteiger charge is -2.28. The predicted molar refractivity (Wildman–Crippen MR) is 76.4 cm³/mol. The third-order valence-electron chi connectivity index (χ3n) is 3.11. The van der Waals surface area contributed by atoms with Gasteiger partial charge in [-0.1, -0.05) is 6.07 Å². The summed E-state index contributed by atoms with van der Waals surface area (Å²) in [6.07, 6.45) is -0.206. The van der Waals surface area contributed by atoms with Crippen molar-refractivity contribution >= 4 is 35.1 Å². The van der Waals surface area contributed by atoms with Crippen LogP contribution in [0.15, 0.2) is 23.1 Å². The van der Waals surface area contributed by atoms with Gasteiger partial charge in [0.1, 0.15) is 0 Å². The second kappa shape index (κ2) is 6.09. The van der Waals surface area contributed by atoms with Crippen LogP contribution in [0.1, 0.15) is 30.1 Å². The average molecular weight is 293 g/mol. The number of rotatable bonds is 5. The number of ketones is 1. The highest BCUT2D eigenvalue weighted by molar-refractivity contribution is 8.00. The minimum absolute atomic E-state index is 0.0265. The van der Waals surface area contributed by atoms with E-state index in [4.69, 9.17) is 5.11 Å². The Hall–Kier alpha value is -1.82. The lowest BCUT2D eigenvalue weighted by Crippen LogP contribution is -2.35. The zero-order valence-electron chi connectivity index (χ0n) is 11.1. The molecule has 0 unspecified atom stereocenters. The number of amides is 1. The topological polar surface area (TPSA) is 74.7 Å². The molecule has 1 aliphatic rings. The van der Waals surface area contributed by atoms with E-state index in [0.29, 0.717) is 17.9 Å². The second-order valence-corrected chi connectivity index (χ2v) is 5.44. The maximum Gasteiger partial charge on any atom is 0.303 e. The van der Waals surface area contributed by atoms with E-state index in [-0.39, 0.29) is 24.5 Å². The molecule has 0 aliphatic carbocycles. The van der Waals surface area contributed by atoms with Crippen LogP contribution in [-0.4, -0.2) is 35.1 Å². The summed E-state index contributed by atoms with van der Waals surface area (Å²) >= 11 is 1.46. The number of fused-ring (bicyclic) bond motifs is 1. The van der Waals surface area contributed by atoms with E-state index in [1.165, 1.54) is 11.8 Å². The van der Waals surface area contributed by atoms with Gasteiger partial charge in [0.2, 0.25) is 5.91 Å². The molecule has 0 bridgehead atoms. The van der Waals surface area contributed by atoms with Crippen LogP contribution in [0.25, 0.3) is 0 Å². The van der Waals surface area contributed by atoms with Crippen LogP contribution in [0.5, 0.6) is 0 Å². The van der Waals surface area contributed by atoms with Gasteiger partial charge >= 0.3 is 5.97 Å². The van der Waals surface area contributed by atoms with Crippen molar-refractivity contribution in [2.45, 2.75) is 24.7 Å². The zero-order chi connectivity index (χ0) is 14.7. The molecule has 0 saturated carbocycles. The van der Waals surface area contributed by atoms with Crippen LogP contribution in [0.4, 0.5) is 5.69 Å². The zero-order valence-corrected chi connectivity index (χ0v) is 11.9. The molecule has 0 radical (unpaired) electrons. The number of Topliss-reactive ketones (excluding diaryl/α,β-unsaturated/α-hetero) is 1. The predicted octanol–water partition coefficient (Wildman–Crippen LogP) is 2.19. The van der Waals surface area contributed by atoms with Crippen LogP contribution >= 0.6 is 11.8 Å². The van der Waals surface area contributed by atoms with E-state index >= 15 is 0 Å². The normalized spacial score (nSPS) is 14.1. The maximum absolute atomic E-state index is 11.9. The molecule has 2 rings (SSSR count). The SMILES string of the molecule is CCN1C(=O)CSc2ccc(C(=O)CCC(=O)O)cc21. The van der Waals surface area contributed by atoms with E-state index in [0.717, 1.165) is 10.6 Å². The van der Waals surface area contributed by atoms with Crippen LogP contribution in [-0.2, 0) is 9.59 Å². The Balaban J connectivity index is 2.26. The first-order valence-corrected chi connectivity index (χ1v) is 7.33. The Morgan fingerprint density at radius 2 is 2.10 bits per heavy atom. The number of nitrogens with zero attached hydrogens (tertiary/aromatic N) is 1. The Bertz CT molecular complexity index is 570. The van der Waals surface area contributed by atoms with Gasteiger partial charge in [0.25, 0.3) is 0 Å². The summed E-state index contributed by atoms with van der Waals surface area (Å²) in [6, 6.07) is 5.20. The van der Waals surface area contributed by atoms with Crippen molar-refractivity contribution in [2.75, 3.05) is 17.2 Å². The third-order valence-corrected chi connectivity index (χ3v) is 4.15. The van der Waals surface area contributed by atoms with Crippen LogP contribution in [0.3, 0.4) is 0 Å². The Morgan fingerprint density at radius 1 is 1.35 bits per heavy atom. The number of anilines is 1. The van der Waals surface area contributed by atoms with Crippen molar-refractivity contribution in [1.29, 1.82) is 0 Å². The fourth-order valence-electron chi connectivity index (χ4n) is 2.09. The summed E-state index contributed by atoms with van der Waals surface area (Å²) < 4.78 is 0. The number of carboxylic acid groups (broad SMARTS) is 1. The smallest absolute Gasteiger partial charge is 0.303 e. The van der Waals surface area contributed by atoms with Crippen LogP contribution in [0.2, 0.25) is 0 Å². The molecular weight excluding hydrogens is 278 g/mol. The molecule has 1 N–H and O–H groups in total. The summed E-state index contributed by atoms with van der Waals surface area (Å²) in [5, 5.41) is 8.61. The number of benzene rings is 1. The van der Waals surface area contributed by atoms with Crippen molar-refractivity contribution in [3.8, 4) is 0 Å². The fourth-order valence-corrected chi connectivity index (χ4v) is 3.00. The van der Waals surface area contributed by atoms with Gasteiger partial charge in [-0.3, -0.25) is 14.4 Å². The van der Waals surface area contributed by atoms with Crippen molar-refractivity contribution < 1.29 is 19.5 Å². The highest BCUT2D eigenvalue weighted by Gasteiger charge is 2.24. The first-order valence-electron chi connectivity index (χ1n) is 6.35. The van der Waals surface area contributed by atoms with E-state index in [9.17, 15) is 14.4 Å². The summed E-state index contributed by atoms with van der Waals surface area (Å²) in [6.45, 7) is 2.44. The standard InChI is InChI=1S/C14H15NO4S/c1-2-15-10-7-9(11(16)4-6-14(18)19)3-5-12(10)20-8-13(15)17/h3,5,7H,2,4,6,8H2,1H3,(H,18,19). The highest BCUT2D eigenvalue weighted by Crippen LogP contribution is 2.36. The monoisotopic (exact) mass is 293 g/mol. The van der Waals surface area contributed by atoms with Gasteiger partial charge in [-0.25, -0.2) is 0 Å². The van der Waals surface area contributed by atoms with Gasteiger partial charge in [-0.2, -0.15) is 0 Å². The number of hydrogen-bond acceptors (Lipinski definition) is 4. The molecule has 1 aromatic carbocycles. The summed E-state index contributed by atoms with van der Waals surface area (Å²) in [5.41, 5.74) is 1.20. The second-order valence-electron chi connectivity index (χ2n) is 4.43. The first kappa shape index (κ1) is 14.6. The lowest BCUT2D eigenvalue weighted by atomic mass is 10.1. The van der Waals surface area contributed by atoms with Gasteiger partial charge in [0, 0.05) is 23.4 Å². The lowest BCUT2D eigenvalue weighted by molar-refractivity contribution is -0.137. The third kappa shape index (κ3) is 3.01. The molecular formula is C14H15NO4S. The highest BCUT2D eigenvalue weighted by atomic mass is 32.2. The van der Waals surface area contributed by atoms with Gasteiger partial charge in [-0.15, -0.1) is 11.8 Å². The molecule has 6 heteroatoms. The Morgan fingerprint density at radius 3 is 2.75 bits per heavy atom. The molecule has 0 saturated heterocycles. The van der Waals surface area contributed by atoms with Crippen molar-refractivity contribution in [3.63, 3.8) is 0 Å². The molecule has 1 heterocycles. The summed E-state index contributed by atoms with van der Waals surface area (Å²) in [4.78, 5) is 36.9. The number of carbonyl (C=O) groups is 3. The van der Waals surface area contributed by atoms with E-state index in [2.05, 4.69) is 0 Å². The fraction of sp³-hybridized carbons (Fsp3) is 0.357. The molecule has 20 heavy (non-hydrogen) atoms. The van der Waals surface area contributed by atoms with Crippen LogP contribution in [0, 0.1) is 0 Å².